The third-order valence-corrected chi connectivity index (χ3v) is 5.98. The molecule has 3 aromatic rings. The van der Waals surface area contributed by atoms with Crippen molar-refractivity contribution >= 4 is 69.6 Å². The maximum Gasteiger partial charge on any atom is 0.416 e. The maximum atomic E-state index is 13.1. The third-order valence-electron chi connectivity index (χ3n) is 5.19. The summed E-state index contributed by atoms with van der Waals surface area (Å²) in [6.45, 7) is 0. The van der Waals surface area contributed by atoms with E-state index in [0.29, 0.717) is 37.9 Å². The summed E-state index contributed by atoms with van der Waals surface area (Å²) in [6, 6.07) is 14.8. The first-order valence-electron chi connectivity index (χ1n) is 10.5. The largest absolute Gasteiger partial charge is 0.416 e. The number of benzene rings is 3. The van der Waals surface area contributed by atoms with Gasteiger partial charge < -0.3 is 10.6 Å². The predicted octanol–water partition coefficient (Wildman–Crippen LogP) is 6.63. The monoisotopic (exact) mass is 567 g/mol. The fraction of sp³-hybridized carbons (Fsp3) is 0.0800. The van der Waals surface area contributed by atoms with Gasteiger partial charge >= 0.3 is 6.18 Å². The number of anilines is 3. The number of carbonyl (C=O) groups is 3. The van der Waals surface area contributed by atoms with Crippen LogP contribution in [0.1, 0.15) is 11.1 Å². The fourth-order valence-electron chi connectivity index (χ4n) is 3.53. The van der Waals surface area contributed by atoms with E-state index in [1.807, 2.05) is 0 Å². The Balaban J connectivity index is 1.44. The number of alkyl halides is 3. The van der Waals surface area contributed by atoms with Crippen LogP contribution in [-0.2, 0) is 27.0 Å². The molecule has 0 spiro atoms. The van der Waals surface area contributed by atoms with E-state index in [-0.39, 0.29) is 23.7 Å². The van der Waals surface area contributed by atoms with Gasteiger partial charge in [-0.3, -0.25) is 14.4 Å². The Hall–Kier alpha value is -3.53. The van der Waals surface area contributed by atoms with E-state index in [1.54, 1.807) is 36.4 Å². The molecule has 0 aromatic heterocycles. The highest BCUT2D eigenvalue weighted by molar-refractivity contribution is 6.53. The zero-order chi connectivity index (χ0) is 26.9. The molecule has 12 heteroatoms. The lowest BCUT2D eigenvalue weighted by molar-refractivity contribution is -0.137. The van der Waals surface area contributed by atoms with Gasteiger partial charge in [0.2, 0.25) is 5.91 Å². The molecule has 0 aliphatic carbocycles. The Kier molecular flexibility index (Phi) is 7.49. The average Bonchev–Trinajstić information content (AvgIpc) is 3.02. The van der Waals surface area contributed by atoms with Crippen molar-refractivity contribution < 1.29 is 27.6 Å². The van der Waals surface area contributed by atoms with Gasteiger partial charge in [-0.15, -0.1) is 0 Å². The van der Waals surface area contributed by atoms with Crippen molar-refractivity contribution in [2.24, 2.45) is 0 Å². The molecule has 2 N–H and O–H groups in total. The van der Waals surface area contributed by atoms with E-state index >= 15 is 0 Å². The number of hydrogen-bond donors (Lipinski definition) is 2. The second kappa shape index (κ2) is 10.5. The van der Waals surface area contributed by atoms with Gasteiger partial charge in [0.05, 0.1) is 17.7 Å². The lowest BCUT2D eigenvalue weighted by atomic mass is 10.1. The molecular weight excluding hydrogens is 554 g/mol. The first-order valence-corrected chi connectivity index (χ1v) is 11.6. The van der Waals surface area contributed by atoms with E-state index in [2.05, 4.69) is 10.6 Å². The Morgan fingerprint density at radius 1 is 0.838 bits per heavy atom. The summed E-state index contributed by atoms with van der Waals surface area (Å²) in [5, 5.41) is 5.70. The maximum absolute atomic E-state index is 13.1. The minimum absolute atomic E-state index is 0.0224. The Morgan fingerprint density at radius 3 is 2.11 bits per heavy atom. The van der Waals surface area contributed by atoms with E-state index < -0.39 is 28.6 Å². The number of amides is 3. The van der Waals surface area contributed by atoms with Crippen LogP contribution in [0.5, 0.6) is 0 Å². The number of halogens is 6. The highest BCUT2D eigenvalue weighted by Crippen LogP contribution is 2.35. The SMILES string of the molecule is O=C(Cc1ccc(NC2=C(Cl)C(=O)N(c3cccc(C(F)(F)F)c3)C2=O)cc1)Nc1cc(Cl)cc(Cl)c1. The molecule has 37 heavy (non-hydrogen) atoms. The van der Waals surface area contributed by atoms with Crippen molar-refractivity contribution in [3.8, 4) is 0 Å². The molecule has 0 bridgehead atoms. The van der Waals surface area contributed by atoms with Crippen molar-refractivity contribution in [3.05, 3.63) is 98.6 Å². The molecule has 0 atom stereocenters. The van der Waals surface area contributed by atoms with Gasteiger partial charge in [0.1, 0.15) is 10.7 Å². The number of carbonyl (C=O) groups excluding carboxylic acids is 3. The van der Waals surface area contributed by atoms with E-state index in [1.165, 1.54) is 12.1 Å². The molecule has 0 saturated heterocycles. The Morgan fingerprint density at radius 2 is 1.49 bits per heavy atom. The number of nitrogens with one attached hydrogen (secondary N) is 2. The summed E-state index contributed by atoms with van der Waals surface area (Å²) in [6.07, 6.45) is -4.63. The van der Waals surface area contributed by atoms with Crippen LogP contribution in [0, 0.1) is 0 Å². The van der Waals surface area contributed by atoms with Crippen LogP contribution in [0.25, 0.3) is 0 Å². The number of rotatable bonds is 6. The Bertz CT molecular complexity index is 1420. The molecule has 3 amide bonds. The van der Waals surface area contributed by atoms with Crippen molar-refractivity contribution in [1.82, 2.24) is 0 Å². The molecule has 1 heterocycles. The molecular formula is C25H15Cl3F3N3O3. The highest BCUT2D eigenvalue weighted by Gasteiger charge is 2.40. The summed E-state index contributed by atoms with van der Waals surface area (Å²) >= 11 is 17.9. The summed E-state index contributed by atoms with van der Waals surface area (Å²) in [5.74, 6) is -2.18. The molecule has 0 saturated carbocycles. The van der Waals surface area contributed by atoms with Gasteiger partial charge in [0, 0.05) is 21.4 Å². The van der Waals surface area contributed by atoms with Crippen molar-refractivity contribution in [3.63, 3.8) is 0 Å². The standard InChI is InChI=1S/C25H15Cl3F3N3O3/c26-15-10-16(27)12-18(11-15)32-20(35)8-13-4-6-17(7-5-13)33-22-21(28)23(36)34(24(22)37)19-3-1-2-14(9-19)25(29,30)31/h1-7,9-12,33H,8H2,(H,32,35). The predicted molar refractivity (Wildman–Crippen MR) is 136 cm³/mol. The van der Waals surface area contributed by atoms with Crippen LogP contribution in [0.2, 0.25) is 10.0 Å². The number of hydrogen-bond acceptors (Lipinski definition) is 4. The van der Waals surface area contributed by atoms with Gasteiger partial charge in [-0.05, 0) is 54.1 Å². The third kappa shape index (κ3) is 6.07. The molecule has 0 fully saturated rings. The lowest BCUT2D eigenvalue weighted by Crippen LogP contribution is -2.32. The molecule has 0 unspecified atom stereocenters. The van der Waals surface area contributed by atoms with Gasteiger partial charge in [0.15, 0.2) is 0 Å². The molecule has 3 aromatic carbocycles. The first kappa shape index (κ1) is 26.5. The zero-order valence-corrected chi connectivity index (χ0v) is 20.8. The molecule has 6 nitrogen and oxygen atoms in total. The van der Waals surface area contributed by atoms with E-state index in [0.717, 1.165) is 12.1 Å². The van der Waals surface area contributed by atoms with Gasteiger partial charge in [0.25, 0.3) is 11.8 Å². The average molecular weight is 569 g/mol. The normalized spacial score (nSPS) is 13.8. The van der Waals surface area contributed by atoms with Crippen LogP contribution in [0.4, 0.5) is 30.2 Å². The minimum atomic E-state index is -4.65. The van der Waals surface area contributed by atoms with Crippen molar-refractivity contribution in [2.45, 2.75) is 12.6 Å². The quantitative estimate of drug-likeness (QED) is 0.327. The molecule has 4 rings (SSSR count). The summed E-state index contributed by atoms with van der Waals surface area (Å²) < 4.78 is 39.2. The lowest BCUT2D eigenvalue weighted by Gasteiger charge is -2.17. The number of imide groups is 1. The minimum Gasteiger partial charge on any atom is -0.350 e. The number of nitrogens with zero attached hydrogens (tertiary/aromatic N) is 1. The van der Waals surface area contributed by atoms with Gasteiger partial charge in [-0.25, -0.2) is 4.90 Å². The second-order valence-corrected chi connectivity index (χ2v) is 9.14. The second-order valence-electron chi connectivity index (χ2n) is 7.89. The van der Waals surface area contributed by atoms with Crippen LogP contribution in [0.15, 0.2) is 77.5 Å². The van der Waals surface area contributed by atoms with E-state index in [4.69, 9.17) is 34.8 Å². The van der Waals surface area contributed by atoms with Crippen LogP contribution in [0.3, 0.4) is 0 Å². The summed E-state index contributed by atoms with van der Waals surface area (Å²) in [4.78, 5) is 38.4. The van der Waals surface area contributed by atoms with Crippen molar-refractivity contribution in [1.29, 1.82) is 0 Å². The summed E-state index contributed by atoms with van der Waals surface area (Å²) in [7, 11) is 0. The van der Waals surface area contributed by atoms with Gasteiger partial charge in [-0.1, -0.05) is 53.0 Å². The molecule has 1 aliphatic heterocycles. The van der Waals surface area contributed by atoms with Crippen LogP contribution < -0.4 is 15.5 Å². The topological polar surface area (TPSA) is 78.5 Å². The first-order chi connectivity index (χ1) is 17.4. The Labute approximate surface area is 223 Å². The van der Waals surface area contributed by atoms with Crippen LogP contribution >= 0.6 is 34.8 Å². The van der Waals surface area contributed by atoms with E-state index in [9.17, 15) is 27.6 Å². The zero-order valence-electron chi connectivity index (χ0n) is 18.5. The molecule has 0 radical (unpaired) electrons. The van der Waals surface area contributed by atoms with Crippen LogP contribution in [-0.4, -0.2) is 17.7 Å². The molecule has 190 valence electrons. The summed E-state index contributed by atoms with van der Waals surface area (Å²) in [5.41, 5.74) is -0.116. The smallest absolute Gasteiger partial charge is 0.350 e. The highest BCUT2D eigenvalue weighted by atomic mass is 35.5. The van der Waals surface area contributed by atoms with Gasteiger partial charge in [-0.2, -0.15) is 13.2 Å². The fourth-order valence-corrected chi connectivity index (χ4v) is 4.27. The van der Waals surface area contributed by atoms with Crippen molar-refractivity contribution in [2.75, 3.05) is 15.5 Å². The molecule has 1 aliphatic rings.